The third-order valence-electron chi connectivity index (χ3n) is 2.34. The van der Waals surface area contributed by atoms with Crippen molar-refractivity contribution in [3.63, 3.8) is 0 Å². The highest BCUT2D eigenvalue weighted by atomic mass is 32.1. The molecule has 0 radical (unpaired) electrons. The number of benzene rings is 2. The van der Waals surface area contributed by atoms with Crippen LogP contribution in [-0.4, -0.2) is 16.3 Å². The lowest BCUT2D eigenvalue weighted by atomic mass is 10.2. The van der Waals surface area contributed by atoms with E-state index in [4.69, 9.17) is 12.2 Å². The second-order valence-electron chi connectivity index (χ2n) is 3.62. The highest BCUT2D eigenvalue weighted by molar-refractivity contribution is 7.80. The Labute approximate surface area is 111 Å². The molecule has 2 aromatic rings. The van der Waals surface area contributed by atoms with Crippen molar-refractivity contribution in [1.29, 1.82) is 0 Å². The molecule has 0 heterocycles. The number of aromatic hydroxyl groups is 1. The molecule has 0 fully saturated rings. The van der Waals surface area contributed by atoms with Gasteiger partial charge < -0.3 is 5.11 Å². The minimum atomic E-state index is 0.189. The number of hydrogen-bond acceptors (Lipinski definition) is 3. The number of nitrogens with one attached hydrogen (secondary N) is 1. The van der Waals surface area contributed by atoms with Gasteiger partial charge in [-0.25, -0.2) is 0 Å². The first-order valence-corrected chi connectivity index (χ1v) is 5.84. The van der Waals surface area contributed by atoms with E-state index >= 15 is 0 Å². The highest BCUT2D eigenvalue weighted by Crippen LogP contribution is 2.12. The molecule has 0 aromatic heterocycles. The van der Waals surface area contributed by atoms with Gasteiger partial charge in [-0.3, -0.25) is 5.43 Å². The van der Waals surface area contributed by atoms with Crippen molar-refractivity contribution in [3.05, 3.63) is 65.7 Å². The van der Waals surface area contributed by atoms with Crippen LogP contribution in [0.4, 0.5) is 0 Å². The molecule has 0 unspecified atom stereocenters. The molecule has 0 spiro atoms. The summed E-state index contributed by atoms with van der Waals surface area (Å²) in [7, 11) is 0. The molecule has 0 amide bonds. The summed E-state index contributed by atoms with van der Waals surface area (Å²) in [5, 5.41) is 13.5. The van der Waals surface area contributed by atoms with Gasteiger partial charge in [-0.2, -0.15) is 5.10 Å². The van der Waals surface area contributed by atoms with Gasteiger partial charge in [-0.1, -0.05) is 54.7 Å². The maximum atomic E-state index is 9.54. The summed E-state index contributed by atoms with van der Waals surface area (Å²) in [5.74, 6) is 0.189. The van der Waals surface area contributed by atoms with Crippen LogP contribution in [0, 0.1) is 0 Å². The number of nitrogens with zero attached hydrogens (tertiary/aromatic N) is 1. The van der Waals surface area contributed by atoms with Crippen LogP contribution in [0.25, 0.3) is 0 Å². The zero-order chi connectivity index (χ0) is 12.8. The van der Waals surface area contributed by atoms with Crippen molar-refractivity contribution in [2.45, 2.75) is 0 Å². The van der Waals surface area contributed by atoms with E-state index in [-0.39, 0.29) is 5.75 Å². The number of rotatable bonds is 3. The van der Waals surface area contributed by atoms with Gasteiger partial charge in [0.1, 0.15) is 10.7 Å². The summed E-state index contributed by atoms with van der Waals surface area (Å²) in [5.41, 5.74) is 4.31. The maximum Gasteiger partial charge on any atom is 0.126 e. The van der Waals surface area contributed by atoms with E-state index in [1.807, 2.05) is 36.4 Å². The molecule has 0 atom stereocenters. The molecule has 3 nitrogen and oxygen atoms in total. The molecule has 0 aliphatic rings. The van der Waals surface area contributed by atoms with Crippen LogP contribution in [0.1, 0.15) is 11.1 Å². The molecule has 0 aliphatic carbocycles. The molecule has 90 valence electrons. The summed E-state index contributed by atoms with van der Waals surface area (Å²) in [6.45, 7) is 0. The minimum Gasteiger partial charge on any atom is -0.507 e. The van der Waals surface area contributed by atoms with E-state index < -0.39 is 0 Å². The lowest BCUT2D eigenvalue weighted by Gasteiger charge is -2.02. The number of phenols is 1. The number of hydrogen-bond donors (Lipinski definition) is 2. The Kier molecular flexibility index (Phi) is 4.04. The lowest BCUT2D eigenvalue weighted by molar-refractivity contribution is 0.474. The fourth-order valence-corrected chi connectivity index (χ4v) is 1.60. The van der Waals surface area contributed by atoms with Crippen LogP contribution in [0.15, 0.2) is 59.7 Å². The first kappa shape index (κ1) is 12.3. The minimum absolute atomic E-state index is 0.189. The summed E-state index contributed by atoms with van der Waals surface area (Å²) in [6.07, 6.45) is 1.53. The molecule has 0 aliphatic heterocycles. The van der Waals surface area contributed by atoms with Crippen LogP contribution in [0.5, 0.6) is 5.75 Å². The van der Waals surface area contributed by atoms with Crippen molar-refractivity contribution in [2.75, 3.05) is 0 Å². The molecule has 18 heavy (non-hydrogen) atoms. The van der Waals surface area contributed by atoms with Crippen LogP contribution in [0.2, 0.25) is 0 Å². The summed E-state index contributed by atoms with van der Waals surface area (Å²) in [6, 6.07) is 16.5. The SMILES string of the molecule is Oc1ccccc1/C=N/NC(=S)c1ccccc1. The van der Waals surface area contributed by atoms with E-state index in [2.05, 4.69) is 10.5 Å². The van der Waals surface area contributed by atoms with Gasteiger partial charge in [0, 0.05) is 11.1 Å². The van der Waals surface area contributed by atoms with Crippen LogP contribution >= 0.6 is 12.2 Å². The van der Waals surface area contributed by atoms with Crippen LogP contribution in [-0.2, 0) is 0 Å². The summed E-state index contributed by atoms with van der Waals surface area (Å²) < 4.78 is 0. The highest BCUT2D eigenvalue weighted by Gasteiger charge is 1.98. The third kappa shape index (κ3) is 3.15. The normalized spacial score (nSPS) is 10.4. The van der Waals surface area contributed by atoms with Crippen molar-refractivity contribution < 1.29 is 5.11 Å². The van der Waals surface area contributed by atoms with Gasteiger partial charge in [0.2, 0.25) is 0 Å². The van der Waals surface area contributed by atoms with E-state index in [0.717, 1.165) is 5.56 Å². The zero-order valence-corrected chi connectivity index (χ0v) is 10.4. The van der Waals surface area contributed by atoms with Crippen molar-refractivity contribution in [1.82, 2.24) is 5.43 Å². The smallest absolute Gasteiger partial charge is 0.126 e. The van der Waals surface area contributed by atoms with Crippen LogP contribution < -0.4 is 5.43 Å². The maximum absolute atomic E-state index is 9.54. The zero-order valence-electron chi connectivity index (χ0n) is 9.58. The monoisotopic (exact) mass is 256 g/mol. The Morgan fingerprint density at radius 2 is 1.72 bits per heavy atom. The summed E-state index contributed by atoms with van der Waals surface area (Å²) >= 11 is 5.18. The average molecular weight is 256 g/mol. The van der Waals surface area contributed by atoms with Gasteiger partial charge in [-0.15, -0.1) is 0 Å². The van der Waals surface area contributed by atoms with Crippen molar-refractivity contribution >= 4 is 23.4 Å². The van der Waals surface area contributed by atoms with Crippen molar-refractivity contribution in [3.8, 4) is 5.75 Å². The Morgan fingerprint density at radius 3 is 2.44 bits per heavy atom. The van der Waals surface area contributed by atoms with Gasteiger partial charge in [0.15, 0.2) is 0 Å². The topological polar surface area (TPSA) is 44.6 Å². The lowest BCUT2D eigenvalue weighted by Crippen LogP contribution is -2.16. The molecular formula is C14H12N2OS. The molecule has 2 N–H and O–H groups in total. The Hall–Kier alpha value is -2.20. The number of thiocarbonyl (C=S) groups is 1. The Morgan fingerprint density at radius 1 is 1.06 bits per heavy atom. The molecule has 2 rings (SSSR count). The van der Waals surface area contributed by atoms with Crippen molar-refractivity contribution in [2.24, 2.45) is 5.10 Å². The second-order valence-corrected chi connectivity index (χ2v) is 4.03. The predicted molar refractivity (Wildman–Crippen MR) is 77.0 cm³/mol. The van der Waals surface area contributed by atoms with Gasteiger partial charge in [0.05, 0.1) is 6.21 Å². The number of hydrazone groups is 1. The van der Waals surface area contributed by atoms with Gasteiger partial charge in [-0.05, 0) is 12.1 Å². The Bertz CT molecular complexity index is 567. The molecule has 0 bridgehead atoms. The first-order chi connectivity index (χ1) is 8.77. The number of phenolic OH excluding ortho intramolecular Hbond substituents is 1. The van der Waals surface area contributed by atoms with Gasteiger partial charge >= 0.3 is 0 Å². The van der Waals surface area contributed by atoms with E-state index in [9.17, 15) is 5.11 Å². The Balaban J connectivity index is 2.00. The molecule has 2 aromatic carbocycles. The fourth-order valence-electron chi connectivity index (χ4n) is 1.41. The molecular weight excluding hydrogens is 244 g/mol. The van der Waals surface area contributed by atoms with E-state index in [0.29, 0.717) is 10.6 Å². The fraction of sp³-hybridized carbons (Fsp3) is 0. The predicted octanol–water partition coefficient (Wildman–Crippen LogP) is 2.69. The third-order valence-corrected chi connectivity index (χ3v) is 2.67. The first-order valence-electron chi connectivity index (χ1n) is 5.44. The quantitative estimate of drug-likeness (QED) is 0.504. The van der Waals surface area contributed by atoms with Crippen LogP contribution in [0.3, 0.4) is 0 Å². The largest absolute Gasteiger partial charge is 0.507 e. The standard InChI is InChI=1S/C14H12N2OS/c17-13-9-5-4-8-12(13)10-15-16-14(18)11-6-2-1-3-7-11/h1-10,17H,(H,16,18)/b15-10+. The van der Waals surface area contributed by atoms with E-state index in [1.165, 1.54) is 6.21 Å². The number of para-hydroxylation sites is 1. The van der Waals surface area contributed by atoms with Gasteiger partial charge in [0.25, 0.3) is 0 Å². The molecule has 4 heteroatoms. The van der Waals surface area contributed by atoms with E-state index in [1.54, 1.807) is 18.2 Å². The molecule has 0 saturated carbocycles. The summed E-state index contributed by atoms with van der Waals surface area (Å²) in [4.78, 5) is 0.544. The second kappa shape index (κ2) is 5.93. The molecule has 0 saturated heterocycles. The average Bonchev–Trinajstić information content (AvgIpc) is 2.42.